The van der Waals surface area contributed by atoms with Crippen LogP contribution in [0.25, 0.3) is 0 Å². The van der Waals surface area contributed by atoms with Crippen LogP contribution in [-0.2, 0) is 11.3 Å². The van der Waals surface area contributed by atoms with Crippen LogP contribution < -0.4 is 15.4 Å². The van der Waals surface area contributed by atoms with Gasteiger partial charge in [0, 0.05) is 18.0 Å². The van der Waals surface area contributed by atoms with Crippen LogP contribution in [0.15, 0.2) is 30.7 Å². The van der Waals surface area contributed by atoms with Gasteiger partial charge in [-0.25, -0.2) is 9.78 Å². The molecule has 0 fully saturated rings. The van der Waals surface area contributed by atoms with Crippen molar-refractivity contribution < 1.29 is 14.3 Å². The van der Waals surface area contributed by atoms with Gasteiger partial charge in [0.15, 0.2) is 0 Å². The minimum Gasteiger partial charge on any atom is -0.494 e. The van der Waals surface area contributed by atoms with E-state index in [0.29, 0.717) is 18.0 Å². The second-order valence-corrected chi connectivity index (χ2v) is 5.97. The Hall–Kier alpha value is -2.70. The molecule has 0 bridgehead atoms. The van der Waals surface area contributed by atoms with Crippen molar-refractivity contribution in [2.75, 3.05) is 17.7 Å². The summed E-state index contributed by atoms with van der Waals surface area (Å²) in [6, 6.07) is 5.42. The zero-order valence-electron chi connectivity index (χ0n) is 13.8. The van der Waals surface area contributed by atoms with Crippen LogP contribution in [0.3, 0.4) is 0 Å². The molecule has 1 aromatic carbocycles. The molecule has 0 atom stereocenters. The van der Waals surface area contributed by atoms with Crippen molar-refractivity contribution in [3.8, 4) is 5.75 Å². The first-order valence-corrected chi connectivity index (χ1v) is 7.26. The van der Waals surface area contributed by atoms with Gasteiger partial charge < -0.3 is 19.8 Å². The summed E-state index contributed by atoms with van der Waals surface area (Å²) in [6.45, 7) is 6.05. The third-order valence-corrected chi connectivity index (χ3v) is 2.87. The molecule has 0 saturated carbocycles. The molecule has 0 saturated heterocycles. The first kappa shape index (κ1) is 16.7. The zero-order chi connectivity index (χ0) is 16.9. The molecule has 2 rings (SSSR count). The Labute approximate surface area is 135 Å². The van der Waals surface area contributed by atoms with Gasteiger partial charge in [0.25, 0.3) is 0 Å². The quantitative estimate of drug-likeness (QED) is 0.786. The second-order valence-electron chi connectivity index (χ2n) is 5.97. The molecule has 1 heterocycles. The van der Waals surface area contributed by atoms with Crippen molar-refractivity contribution in [3.05, 3.63) is 36.4 Å². The number of imidazole rings is 1. The molecule has 0 aliphatic carbocycles. The number of nitrogens with one attached hydrogen (secondary N) is 3. The Morgan fingerprint density at radius 2 is 2.13 bits per heavy atom. The highest BCUT2D eigenvalue weighted by molar-refractivity contribution is 5.87. The monoisotopic (exact) mass is 318 g/mol. The number of benzene rings is 1. The van der Waals surface area contributed by atoms with E-state index in [4.69, 9.17) is 9.47 Å². The van der Waals surface area contributed by atoms with E-state index in [1.807, 2.05) is 32.9 Å². The van der Waals surface area contributed by atoms with Gasteiger partial charge in [-0.15, -0.1) is 0 Å². The van der Waals surface area contributed by atoms with Crippen molar-refractivity contribution in [2.24, 2.45) is 0 Å². The highest BCUT2D eigenvalue weighted by Gasteiger charge is 2.17. The number of methoxy groups -OCH3 is 1. The summed E-state index contributed by atoms with van der Waals surface area (Å²) < 4.78 is 10.6. The van der Waals surface area contributed by atoms with E-state index in [1.54, 1.807) is 25.7 Å². The summed E-state index contributed by atoms with van der Waals surface area (Å²) in [5.41, 5.74) is 1.84. The normalized spacial score (nSPS) is 11.0. The Balaban J connectivity index is 2.02. The van der Waals surface area contributed by atoms with E-state index in [2.05, 4.69) is 20.6 Å². The van der Waals surface area contributed by atoms with Crippen molar-refractivity contribution in [3.63, 3.8) is 0 Å². The number of rotatable bonds is 5. The summed E-state index contributed by atoms with van der Waals surface area (Å²) >= 11 is 0. The number of H-pyrrole nitrogens is 1. The second kappa shape index (κ2) is 7.04. The van der Waals surface area contributed by atoms with Gasteiger partial charge in [-0.2, -0.15) is 0 Å². The Bertz CT molecular complexity index is 648. The molecule has 7 heteroatoms. The first-order valence-electron chi connectivity index (χ1n) is 7.26. The van der Waals surface area contributed by atoms with Gasteiger partial charge in [0.2, 0.25) is 0 Å². The maximum atomic E-state index is 11.8. The number of aromatic amines is 1. The fourth-order valence-corrected chi connectivity index (χ4v) is 1.90. The number of carbonyl (C=O) groups excluding carboxylic acids is 1. The first-order chi connectivity index (χ1) is 10.9. The summed E-state index contributed by atoms with van der Waals surface area (Å²) in [6.07, 6.45) is 2.86. The fourth-order valence-electron chi connectivity index (χ4n) is 1.90. The number of ether oxygens (including phenoxy) is 2. The van der Waals surface area contributed by atoms with Crippen molar-refractivity contribution in [1.29, 1.82) is 0 Å². The third kappa shape index (κ3) is 5.21. The summed E-state index contributed by atoms with van der Waals surface area (Å²) in [4.78, 5) is 18.8. The molecule has 0 radical (unpaired) electrons. The van der Waals surface area contributed by atoms with Crippen LogP contribution in [-0.4, -0.2) is 28.8 Å². The molecular weight excluding hydrogens is 296 g/mol. The number of aromatic nitrogens is 2. The average Bonchev–Trinajstić information content (AvgIpc) is 2.97. The van der Waals surface area contributed by atoms with Gasteiger partial charge in [-0.1, -0.05) is 0 Å². The van der Waals surface area contributed by atoms with Crippen LogP contribution in [0.5, 0.6) is 5.75 Å². The highest BCUT2D eigenvalue weighted by Crippen LogP contribution is 2.28. The minimum absolute atomic E-state index is 0.519. The van der Waals surface area contributed by atoms with E-state index >= 15 is 0 Å². The van der Waals surface area contributed by atoms with E-state index < -0.39 is 11.7 Å². The topological polar surface area (TPSA) is 88.3 Å². The molecule has 0 spiro atoms. The van der Waals surface area contributed by atoms with Crippen LogP contribution in [0, 0.1) is 0 Å². The predicted octanol–water partition coefficient (Wildman–Crippen LogP) is 3.38. The highest BCUT2D eigenvalue weighted by atomic mass is 16.6. The average molecular weight is 318 g/mol. The van der Waals surface area contributed by atoms with Crippen LogP contribution in [0.1, 0.15) is 26.5 Å². The molecule has 7 nitrogen and oxygen atoms in total. The van der Waals surface area contributed by atoms with E-state index in [1.165, 1.54) is 0 Å². The third-order valence-electron chi connectivity index (χ3n) is 2.87. The van der Waals surface area contributed by atoms with Gasteiger partial charge in [-0.3, -0.25) is 5.32 Å². The molecule has 2 aromatic rings. The van der Waals surface area contributed by atoms with Gasteiger partial charge in [-0.05, 0) is 32.9 Å². The van der Waals surface area contributed by atoms with Crippen molar-refractivity contribution in [1.82, 2.24) is 9.97 Å². The molecule has 3 N–H and O–H groups in total. The lowest BCUT2D eigenvalue weighted by Crippen LogP contribution is -2.27. The lowest BCUT2D eigenvalue weighted by Gasteiger charge is -2.20. The Morgan fingerprint density at radius 3 is 2.74 bits per heavy atom. The molecule has 0 unspecified atom stereocenters. The van der Waals surface area contributed by atoms with Crippen LogP contribution >= 0.6 is 0 Å². The predicted molar refractivity (Wildman–Crippen MR) is 88.8 cm³/mol. The van der Waals surface area contributed by atoms with Gasteiger partial charge >= 0.3 is 6.09 Å². The lowest BCUT2D eigenvalue weighted by molar-refractivity contribution is 0.0635. The number of amides is 1. The number of hydrogen-bond acceptors (Lipinski definition) is 5. The standard InChI is InChI=1S/C16H22N4O3/c1-16(2,3)23-15(21)20-13-6-5-11(7-14(13)22-4)18-9-12-8-17-10-19-12/h5-8,10,18H,9H2,1-4H3,(H,17,19)(H,20,21). The largest absolute Gasteiger partial charge is 0.494 e. The maximum absolute atomic E-state index is 11.8. The van der Waals surface area contributed by atoms with E-state index in [-0.39, 0.29) is 0 Å². The van der Waals surface area contributed by atoms with Crippen LogP contribution in [0.2, 0.25) is 0 Å². The van der Waals surface area contributed by atoms with Gasteiger partial charge in [0.1, 0.15) is 11.4 Å². The number of nitrogens with zero attached hydrogens (tertiary/aromatic N) is 1. The minimum atomic E-state index is -0.553. The summed E-state index contributed by atoms with van der Waals surface area (Å²) in [5, 5.41) is 5.93. The Kier molecular flexibility index (Phi) is 5.10. The molecule has 1 aromatic heterocycles. The molecule has 124 valence electrons. The van der Waals surface area contributed by atoms with Crippen molar-refractivity contribution in [2.45, 2.75) is 32.9 Å². The molecule has 0 aliphatic rings. The van der Waals surface area contributed by atoms with E-state index in [9.17, 15) is 4.79 Å². The van der Waals surface area contributed by atoms with Crippen LogP contribution in [0.4, 0.5) is 16.2 Å². The Morgan fingerprint density at radius 1 is 1.35 bits per heavy atom. The van der Waals surface area contributed by atoms with Crippen molar-refractivity contribution >= 4 is 17.5 Å². The summed E-state index contributed by atoms with van der Waals surface area (Å²) in [5.74, 6) is 0.547. The number of hydrogen-bond donors (Lipinski definition) is 3. The van der Waals surface area contributed by atoms with E-state index in [0.717, 1.165) is 11.4 Å². The lowest BCUT2D eigenvalue weighted by atomic mass is 10.2. The zero-order valence-corrected chi connectivity index (χ0v) is 13.8. The number of anilines is 2. The smallest absolute Gasteiger partial charge is 0.412 e. The fraction of sp³-hybridized carbons (Fsp3) is 0.375. The SMILES string of the molecule is COc1cc(NCc2cnc[nH]2)ccc1NC(=O)OC(C)(C)C. The van der Waals surface area contributed by atoms with Gasteiger partial charge in [0.05, 0.1) is 31.4 Å². The maximum Gasteiger partial charge on any atom is 0.412 e. The molecule has 1 amide bonds. The molecule has 23 heavy (non-hydrogen) atoms. The molecule has 0 aliphatic heterocycles. The molecular formula is C16H22N4O3. The summed E-state index contributed by atoms with van der Waals surface area (Å²) in [7, 11) is 1.55. The number of carbonyl (C=O) groups is 1.